The summed E-state index contributed by atoms with van der Waals surface area (Å²) in [6.45, 7) is 4.32. The zero-order valence-corrected chi connectivity index (χ0v) is 23.2. The van der Waals surface area contributed by atoms with Crippen molar-refractivity contribution in [1.29, 1.82) is 5.26 Å². The van der Waals surface area contributed by atoms with Crippen LogP contribution in [-0.2, 0) is 17.4 Å². The third-order valence-electron chi connectivity index (χ3n) is 6.48. The molecule has 222 valence electrons. The molecule has 4 N–H and O–H groups in total. The normalized spacial score (nSPS) is 12.7. The molecule has 0 bridgehead atoms. The van der Waals surface area contributed by atoms with Crippen LogP contribution in [-0.4, -0.2) is 24.2 Å². The molecule has 0 aliphatic carbocycles. The number of aryl methyl sites for hydroxylation is 1. The molecule has 0 fully saturated rings. The third kappa shape index (κ3) is 8.55. The van der Waals surface area contributed by atoms with E-state index in [1.54, 1.807) is 18.2 Å². The van der Waals surface area contributed by atoms with E-state index in [0.717, 1.165) is 11.6 Å². The first-order valence-electron chi connectivity index (χ1n) is 13.3. The summed E-state index contributed by atoms with van der Waals surface area (Å²) in [5, 5.41) is 22.4. The number of nitrogens with two attached hydrogens (primary N) is 1. The molecule has 0 aliphatic heterocycles. The summed E-state index contributed by atoms with van der Waals surface area (Å²) in [4.78, 5) is 25.0. The number of carbonyl (C=O) groups is 1. The number of alkyl halides is 3. The number of rotatable bonds is 10. The van der Waals surface area contributed by atoms with E-state index in [1.807, 2.05) is 37.3 Å². The quantitative estimate of drug-likeness (QED) is 0.194. The number of hydrogen-bond donors (Lipinski definition) is 3. The summed E-state index contributed by atoms with van der Waals surface area (Å²) in [5.41, 5.74) is 7.58. The SMILES string of the molecule is CC(CC(=O)O)C(NCCCN)c1oc2cc(C#N)ccc2c(=O)c1Cc1ccccc1.Cc1ccc(C(F)(F)F)o1. The molecule has 0 spiro atoms. The zero-order valence-electron chi connectivity index (χ0n) is 23.2. The summed E-state index contributed by atoms with van der Waals surface area (Å²) >= 11 is 0. The molecule has 0 saturated heterocycles. The lowest BCUT2D eigenvalue weighted by Crippen LogP contribution is -2.32. The molecule has 2 atom stereocenters. The van der Waals surface area contributed by atoms with E-state index in [0.29, 0.717) is 53.8 Å². The van der Waals surface area contributed by atoms with Gasteiger partial charge in [-0.25, -0.2) is 0 Å². The maximum Gasteiger partial charge on any atom is 0.449 e. The van der Waals surface area contributed by atoms with Gasteiger partial charge < -0.3 is 25.0 Å². The van der Waals surface area contributed by atoms with E-state index in [1.165, 1.54) is 13.0 Å². The lowest BCUT2D eigenvalue weighted by molar-refractivity contribution is -0.153. The number of fused-ring (bicyclic) bond motifs is 1. The highest BCUT2D eigenvalue weighted by Crippen LogP contribution is 2.31. The molecule has 2 unspecified atom stereocenters. The minimum atomic E-state index is -4.35. The van der Waals surface area contributed by atoms with Gasteiger partial charge in [0.15, 0.2) is 5.43 Å². The van der Waals surface area contributed by atoms with Gasteiger partial charge in [0, 0.05) is 18.4 Å². The van der Waals surface area contributed by atoms with Crippen LogP contribution in [0.1, 0.15) is 59.8 Å². The first-order chi connectivity index (χ1) is 19.9. The maximum atomic E-state index is 13.5. The Morgan fingerprint density at radius 1 is 1.12 bits per heavy atom. The van der Waals surface area contributed by atoms with Crippen molar-refractivity contribution in [3.8, 4) is 6.07 Å². The predicted molar refractivity (Wildman–Crippen MR) is 151 cm³/mol. The second-order valence-corrected chi connectivity index (χ2v) is 9.82. The Balaban J connectivity index is 0.000000408. The van der Waals surface area contributed by atoms with Crippen molar-refractivity contribution in [2.24, 2.45) is 11.7 Å². The smallest absolute Gasteiger partial charge is 0.449 e. The third-order valence-corrected chi connectivity index (χ3v) is 6.48. The van der Waals surface area contributed by atoms with Gasteiger partial charge >= 0.3 is 12.1 Å². The Morgan fingerprint density at radius 2 is 1.83 bits per heavy atom. The molecule has 42 heavy (non-hydrogen) atoms. The largest absolute Gasteiger partial charge is 0.481 e. The van der Waals surface area contributed by atoms with Crippen molar-refractivity contribution in [2.75, 3.05) is 13.1 Å². The molecule has 8 nitrogen and oxygen atoms in total. The Labute approximate surface area is 240 Å². The van der Waals surface area contributed by atoms with Crippen LogP contribution in [0.25, 0.3) is 11.0 Å². The van der Waals surface area contributed by atoms with Gasteiger partial charge in [0.1, 0.15) is 17.1 Å². The van der Waals surface area contributed by atoms with Crippen LogP contribution < -0.4 is 16.5 Å². The number of aliphatic carboxylic acids is 1. The topological polar surface area (TPSA) is 142 Å². The fourth-order valence-corrected chi connectivity index (χ4v) is 4.43. The van der Waals surface area contributed by atoms with Crippen LogP contribution in [0.2, 0.25) is 0 Å². The van der Waals surface area contributed by atoms with E-state index < -0.39 is 23.9 Å². The molecule has 2 aromatic carbocycles. The van der Waals surface area contributed by atoms with Crippen LogP contribution in [0.4, 0.5) is 13.2 Å². The molecule has 0 amide bonds. The minimum Gasteiger partial charge on any atom is -0.481 e. The number of nitrogens with zero attached hydrogens (tertiary/aromatic N) is 1. The monoisotopic (exact) mass is 583 g/mol. The van der Waals surface area contributed by atoms with Gasteiger partial charge in [0.25, 0.3) is 0 Å². The Bertz CT molecular complexity index is 1590. The average Bonchev–Trinajstić information content (AvgIpc) is 3.40. The minimum absolute atomic E-state index is 0.0922. The molecular formula is C31H32F3N3O5. The highest BCUT2D eigenvalue weighted by Gasteiger charge is 2.34. The Kier molecular flexibility index (Phi) is 11.1. The summed E-state index contributed by atoms with van der Waals surface area (Å²) < 4.78 is 45.7. The first-order valence-corrected chi connectivity index (χ1v) is 13.3. The van der Waals surface area contributed by atoms with Gasteiger partial charge in [-0.1, -0.05) is 37.3 Å². The maximum absolute atomic E-state index is 13.5. The van der Waals surface area contributed by atoms with Crippen LogP contribution >= 0.6 is 0 Å². The second-order valence-electron chi connectivity index (χ2n) is 9.82. The fraction of sp³-hybridized carbons (Fsp3) is 0.323. The average molecular weight is 584 g/mol. The van der Waals surface area contributed by atoms with Gasteiger partial charge in [-0.15, -0.1) is 0 Å². The fourth-order valence-electron chi connectivity index (χ4n) is 4.43. The molecule has 2 heterocycles. The van der Waals surface area contributed by atoms with Crippen LogP contribution in [0.3, 0.4) is 0 Å². The molecule has 0 radical (unpaired) electrons. The van der Waals surface area contributed by atoms with E-state index in [9.17, 15) is 33.1 Å². The lowest BCUT2D eigenvalue weighted by Gasteiger charge is -2.25. The molecular weight excluding hydrogens is 551 g/mol. The molecule has 11 heteroatoms. The van der Waals surface area contributed by atoms with Crippen LogP contribution in [0, 0.1) is 24.2 Å². The number of halogens is 3. The molecule has 4 rings (SSSR count). The Hall–Kier alpha value is -4.40. The first kappa shape index (κ1) is 32.1. The van der Waals surface area contributed by atoms with Crippen molar-refractivity contribution < 1.29 is 31.9 Å². The summed E-state index contributed by atoms with van der Waals surface area (Å²) in [7, 11) is 0. The van der Waals surface area contributed by atoms with Crippen LogP contribution in [0.15, 0.2) is 74.3 Å². The van der Waals surface area contributed by atoms with Gasteiger partial charge in [-0.2, -0.15) is 18.4 Å². The summed E-state index contributed by atoms with van der Waals surface area (Å²) in [6, 6.07) is 18.1. The lowest BCUT2D eigenvalue weighted by atomic mass is 9.90. The predicted octanol–water partition coefficient (Wildman–Crippen LogP) is 5.95. The number of furan rings is 1. The van der Waals surface area contributed by atoms with E-state index >= 15 is 0 Å². The highest BCUT2D eigenvalue weighted by atomic mass is 19.4. The number of carboxylic acid groups (broad SMARTS) is 1. The zero-order chi connectivity index (χ0) is 30.9. The Morgan fingerprint density at radius 3 is 2.38 bits per heavy atom. The number of benzene rings is 2. The summed E-state index contributed by atoms with van der Waals surface area (Å²) in [6.07, 6.45) is -3.40. The van der Waals surface area contributed by atoms with Crippen molar-refractivity contribution in [3.63, 3.8) is 0 Å². The van der Waals surface area contributed by atoms with Crippen molar-refractivity contribution in [2.45, 2.75) is 45.3 Å². The van der Waals surface area contributed by atoms with E-state index in [2.05, 4.69) is 15.8 Å². The second kappa shape index (κ2) is 14.5. The van der Waals surface area contributed by atoms with Gasteiger partial charge in [0.2, 0.25) is 5.76 Å². The van der Waals surface area contributed by atoms with E-state index in [4.69, 9.17) is 10.2 Å². The van der Waals surface area contributed by atoms with Crippen molar-refractivity contribution >= 4 is 16.9 Å². The van der Waals surface area contributed by atoms with Gasteiger partial charge in [-0.3, -0.25) is 9.59 Å². The molecule has 0 saturated carbocycles. The molecule has 2 aromatic heterocycles. The van der Waals surface area contributed by atoms with Crippen molar-refractivity contribution in [3.05, 3.63) is 105 Å². The van der Waals surface area contributed by atoms with Gasteiger partial charge in [0.05, 0.1) is 23.1 Å². The number of hydrogen-bond acceptors (Lipinski definition) is 7. The molecule has 4 aromatic rings. The van der Waals surface area contributed by atoms with E-state index in [-0.39, 0.29) is 23.5 Å². The standard InChI is InChI=1S/C25H27N3O4.C6H5F3O/c1-16(12-22(29)30)23(28-11-5-10-26)25-20(13-17-6-3-2-4-7-17)24(31)19-9-8-18(15-27)14-21(19)32-25;1-4-2-3-5(10-4)6(7,8)9/h2-4,6-9,14,16,23,28H,5,10-13,26H2,1H3,(H,29,30);2-3H,1H3. The van der Waals surface area contributed by atoms with Crippen molar-refractivity contribution in [1.82, 2.24) is 5.32 Å². The highest BCUT2D eigenvalue weighted by molar-refractivity contribution is 5.79. The summed E-state index contributed by atoms with van der Waals surface area (Å²) in [5.74, 6) is -1.54. The van der Waals surface area contributed by atoms with Gasteiger partial charge in [-0.05, 0) is 68.2 Å². The molecule has 0 aliphatic rings. The number of nitrogens with one attached hydrogen (secondary N) is 1. The number of carboxylic acids is 1. The number of nitriles is 1. The van der Waals surface area contributed by atoms with Crippen LogP contribution in [0.5, 0.6) is 0 Å².